The van der Waals surface area contributed by atoms with Crippen molar-refractivity contribution < 1.29 is 32.6 Å². The molecule has 9 heteroatoms. The molecule has 2 rings (SSSR count). The van der Waals surface area contributed by atoms with Crippen LogP contribution in [-0.2, 0) is 15.7 Å². The summed E-state index contributed by atoms with van der Waals surface area (Å²) in [4.78, 5) is 28.0. The third-order valence-electron chi connectivity index (χ3n) is 3.76. The van der Waals surface area contributed by atoms with Gasteiger partial charge in [0.2, 0.25) is 0 Å². The predicted molar refractivity (Wildman–Crippen MR) is 81.0 cm³/mol. The number of halogens is 3. The molecule has 138 valence electrons. The number of carbonyl (C=O) groups excluding carboxylic acids is 1. The van der Waals surface area contributed by atoms with E-state index in [1.165, 1.54) is 12.1 Å². The smallest absolute Gasteiger partial charge is 0.433 e. The van der Waals surface area contributed by atoms with Crippen LogP contribution in [0.1, 0.15) is 44.4 Å². The summed E-state index contributed by atoms with van der Waals surface area (Å²) in [5.41, 5.74) is -2.02. The third kappa shape index (κ3) is 4.40. The number of rotatable bonds is 2. The van der Waals surface area contributed by atoms with E-state index in [0.29, 0.717) is 0 Å². The molecule has 1 N–H and O–H groups in total. The Morgan fingerprint density at radius 1 is 1.32 bits per heavy atom. The Morgan fingerprint density at radius 2 is 1.96 bits per heavy atom. The highest BCUT2D eigenvalue weighted by atomic mass is 19.4. The van der Waals surface area contributed by atoms with Gasteiger partial charge >= 0.3 is 18.2 Å². The van der Waals surface area contributed by atoms with Crippen LogP contribution in [0.15, 0.2) is 18.3 Å². The van der Waals surface area contributed by atoms with Crippen LogP contribution < -0.4 is 0 Å². The highest BCUT2D eigenvalue weighted by molar-refractivity contribution is 5.81. The molecule has 1 fully saturated rings. The van der Waals surface area contributed by atoms with Crippen molar-refractivity contribution >= 4 is 12.1 Å². The number of carboxylic acids is 1. The molecule has 1 unspecified atom stereocenters. The number of hydrogen-bond acceptors (Lipinski definition) is 4. The topological polar surface area (TPSA) is 79.7 Å². The molecule has 0 radical (unpaired) electrons. The maximum atomic E-state index is 13.2. The number of aromatic nitrogens is 1. The zero-order valence-electron chi connectivity index (χ0n) is 14.0. The van der Waals surface area contributed by atoms with Gasteiger partial charge in [-0.2, -0.15) is 13.2 Å². The molecule has 1 saturated heterocycles. The lowest BCUT2D eigenvalue weighted by molar-refractivity contribution is -0.142. The van der Waals surface area contributed by atoms with Crippen LogP contribution in [0.4, 0.5) is 18.0 Å². The van der Waals surface area contributed by atoms with E-state index >= 15 is 0 Å². The van der Waals surface area contributed by atoms with Crippen molar-refractivity contribution in [1.29, 1.82) is 0 Å². The zero-order valence-corrected chi connectivity index (χ0v) is 14.0. The maximum Gasteiger partial charge on any atom is 0.433 e. The van der Waals surface area contributed by atoms with E-state index in [2.05, 4.69) is 4.98 Å². The Bertz CT molecular complexity index is 670. The molecule has 1 amide bonds. The van der Waals surface area contributed by atoms with Crippen molar-refractivity contribution in [1.82, 2.24) is 9.88 Å². The number of nitrogens with zero attached hydrogens (tertiary/aromatic N) is 2. The van der Waals surface area contributed by atoms with Crippen LogP contribution in [0.5, 0.6) is 0 Å². The normalized spacial score (nSPS) is 21.3. The van der Waals surface area contributed by atoms with Crippen LogP contribution in [0, 0.1) is 0 Å². The molecule has 0 aromatic carbocycles. The molecule has 25 heavy (non-hydrogen) atoms. The lowest BCUT2D eigenvalue weighted by atomic mass is 9.94. The maximum absolute atomic E-state index is 13.2. The summed E-state index contributed by atoms with van der Waals surface area (Å²) in [5, 5.41) is 9.34. The van der Waals surface area contributed by atoms with Gasteiger partial charge in [-0.15, -0.1) is 0 Å². The van der Waals surface area contributed by atoms with Gasteiger partial charge in [-0.25, -0.2) is 9.59 Å². The second-order valence-corrected chi connectivity index (χ2v) is 6.86. The summed E-state index contributed by atoms with van der Waals surface area (Å²) in [6, 6.07) is 1.37. The van der Waals surface area contributed by atoms with E-state index in [1.807, 2.05) is 0 Å². The number of alkyl halides is 3. The minimum Gasteiger partial charge on any atom is -0.480 e. The van der Waals surface area contributed by atoms with Gasteiger partial charge in [0.25, 0.3) is 0 Å². The van der Waals surface area contributed by atoms with Crippen molar-refractivity contribution in [2.45, 2.75) is 50.9 Å². The molecule has 0 aliphatic carbocycles. The Balaban J connectivity index is 2.32. The van der Waals surface area contributed by atoms with Crippen molar-refractivity contribution in [3.63, 3.8) is 0 Å². The molecule has 1 aliphatic heterocycles. The van der Waals surface area contributed by atoms with Crippen LogP contribution in [-0.4, -0.2) is 45.2 Å². The molecule has 1 aromatic rings. The Kier molecular flexibility index (Phi) is 4.97. The molecule has 0 spiro atoms. The summed E-state index contributed by atoms with van der Waals surface area (Å²) < 4.78 is 44.6. The van der Waals surface area contributed by atoms with Crippen LogP contribution in [0.3, 0.4) is 0 Å². The first kappa shape index (κ1) is 19.0. The largest absolute Gasteiger partial charge is 0.480 e. The fourth-order valence-electron chi connectivity index (χ4n) is 2.80. The number of carboxylic acid groups (broad SMARTS) is 1. The Morgan fingerprint density at radius 3 is 2.48 bits per heavy atom. The average molecular weight is 360 g/mol. The summed E-state index contributed by atoms with van der Waals surface area (Å²) in [7, 11) is 0. The SMILES string of the molecule is CC(C)(C)OC(=O)N1CC(c2cccnc2C(F)(F)F)C[C@@H]1C(=O)O. The number of ether oxygens (including phenoxy) is 1. The van der Waals surface area contributed by atoms with Gasteiger partial charge < -0.3 is 9.84 Å². The average Bonchev–Trinajstić information content (AvgIpc) is 2.90. The minimum absolute atomic E-state index is 0.118. The monoisotopic (exact) mass is 360 g/mol. The quantitative estimate of drug-likeness (QED) is 0.876. The fraction of sp³-hybridized carbons (Fsp3) is 0.562. The Hall–Kier alpha value is -2.32. The van der Waals surface area contributed by atoms with Crippen LogP contribution in [0.25, 0.3) is 0 Å². The summed E-state index contributed by atoms with van der Waals surface area (Å²) in [6.07, 6.45) is -4.63. The van der Waals surface area contributed by atoms with Gasteiger partial charge in [-0.1, -0.05) is 6.07 Å². The lowest BCUT2D eigenvalue weighted by Gasteiger charge is -2.26. The molecule has 0 saturated carbocycles. The standard InChI is InChI=1S/C16H19F3N2O4/c1-15(2,3)25-14(24)21-8-9(7-11(21)13(22)23)10-5-4-6-20-12(10)16(17,18)19/h4-6,9,11H,7-8H2,1-3H3,(H,22,23)/t9?,11-/m1/s1. The van der Waals surface area contributed by atoms with E-state index < -0.39 is 41.5 Å². The molecule has 6 nitrogen and oxygen atoms in total. The fourth-order valence-corrected chi connectivity index (χ4v) is 2.80. The number of aliphatic carboxylic acids is 1. The van der Waals surface area contributed by atoms with E-state index in [4.69, 9.17) is 4.74 Å². The highest BCUT2D eigenvalue weighted by Crippen LogP contribution is 2.39. The number of likely N-dealkylation sites (tertiary alicyclic amines) is 1. The summed E-state index contributed by atoms with van der Waals surface area (Å²) in [5.74, 6) is -2.08. The minimum atomic E-state index is -4.66. The molecular formula is C16H19F3N2O4. The van der Waals surface area contributed by atoms with Gasteiger partial charge in [0.15, 0.2) is 0 Å². The molecule has 1 aromatic heterocycles. The van der Waals surface area contributed by atoms with Crippen molar-refractivity contribution in [3.8, 4) is 0 Å². The summed E-state index contributed by atoms with van der Waals surface area (Å²) >= 11 is 0. The van der Waals surface area contributed by atoms with Gasteiger partial charge in [0, 0.05) is 18.7 Å². The van der Waals surface area contributed by atoms with Crippen molar-refractivity contribution in [2.24, 2.45) is 0 Å². The van der Waals surface area contributed by atoms with Crippen LogP contribution in [0.2, 0.25) is 0 Å². The first-order valence-corrected chi connectivity index (χ1v) is 7.64. The second-order valence-electron chi connectivity index (χ2n) is 6.86. The first-order chi connectivity index (χ1) is 11.4. The molecule has 1 aliphatic rings. The zero-order chi connectivity index (χ0) is 19.0. The van der Waals surface area contributed by atoms with Gasteiger partial charge in [-0.05, 0) is 38.8 Å². The van der Waals surface area contributed by atoms with E-state index in [1.54, 1.807) is 20.8 Å². The van der Waals surface area contributed by atoms with Crippen LogP contribution >= 0.6 is 0 Å². The molecular weight excluding hydrogens is 341 g/mol. The molecule has 0 bridgehead atoms. The number of hydrogen-bond donors (Lipinski definition) is 1. The molecule has 2 atom stereocenters. The van der Waals surface area contributed by atoms with Crippen molar-refractivity contribution in [3.05, 3.63) is 29.6 Å². The second kappa shape index (κ2) is 6.53. The third-order valence-corrected chi connectivity index (χ3v) is 3.76. The van der Waals surface area contributed by atoms with E-state index in [-0.39, 0.29) is 18.5 Å². The number of amides is 1. The number of pyridine rings is 1. The van der Waals surface area contributed by atoms with Gasteiger partial charge in [0.05, 0.1) is 0 Å². The number of carbonyl (C=O) groups is 2. The van der Waals surface area contributed by atoms with E-state index in [9.17, 15) is 27.9 Å². The van der Waals surface area contributed by atoms with Gasteiger partial charge in [-0.3, -0.25) is 9.88 Å². The highest BCUT2D eigenvalue weighted by Gasteiger charge is 2.45. The van der Waals surface area contributed by atoms with E-state index in [0.717, 1.165) is 11.1 Å². The first-order valence-electron chi connectivity index (χ1n) is 7.64. The Labute approximate surface area is 142 Å². The van der Waals surface area contributed by atoms with Crippen molar-refractivity contribution in [2.75, 3.05) is 6.54 Å². The molecule has 2 heterocycles. The summed E-state index contributed by atoms with van der Waals surface area (Å²) in [6.45, 7) is 4.69. The van der Waals surface area contributed by atoms with Gasteiger partial charge in [0.1, 0.15) is 17.3 Å². The lowest BCUT2D eigenvalue weighted by Crippen LogP contribution is -2.43. The predicted octanol–water partition coefficient (Wildman–Crippen LogP) is 3.28.